The van der Waals surface area contributed by atoms with Crippen LogP contribution in [0.3, 0.4) is 0 Å². The number of carbonyl (C=O) groups is 1. The van der Waals surface area contributed by atoms with Crippen molar-refractivity contribution >= 4 is 11.6 Å². The molecule has 1 aromatic rings. The summed E-state index contributed by atoms with van der Waals surface area (Å²) in [6.07, 6.45) is -2.27. The first-order valence-corrected chi connectivity index (χ1v) is 6.62. The summed E-state index contributed by atoms with van der Waals surface area (Å²) in [6, 6.07) is 2.50. The quantitative estimate of drug-likeness (QED) is 0.839. The molecular weight excluding hydrogens is 288 g/mol. The van der Waals surface area contributed by atoms with Gasteiger partial charge in [-0.2, -0.15) is 8.78 Å². The standard InChI is InChI=1S/C14H16F4N2O/c1-19-12(14(17,18)13(15)16)9-5-6-10-8(7-9)3-2-4-11(21)20-10/h5-7,12-13,19H,2-4H2,1H3,(H,20,21). The lowest BCUT2D eigenvalue weighted by atomic mass is 9.96. The second-order valence-corrected chi connectivity index (χ2v) is 5.02. The third-order valence-corrected chi connectivity index (χ3v) is 3.55. The van der Waals surface area contributed by atoms with Crippen LogP contribution in [0.2, 0.25) is 0 Å². The Labute approximate surface area is 119 Å². The monoisotopic (exact) mass is 304 g/mol. The maximum absolute atomic E-state index is 13.6. The number of aryl methyl sites for hydroxylation is 1. The van der Waals surface area contributed by atoms with Gasteiger partial charge in [-0.25, -0.2) is 8.78 Å². The molecule has 1 aromatic carbocycles. The molecule has 2 rings (SSSR count). The highest BCUT2D eigenvalue weighted by Crippen LogP contribution is 2.37. The second-order valence-electron chi connectivity index (χ2n) is 5.02. The lowest BCUT2D eigenvalue weighted by Crippen LogP contribution is -2.41. The zero-order valence-corrected chi connectivity index (χ0v) is 11.4. The lowest BCUT2D eigenvalue weighted by molar-refractivity contribution is -0.150. The van der Waals surface area contributed by atoms with Crippen molar-refractivity contribution in [2.45, 2.75) is 37.7 Å². The first kappa shape index (κ1) is 15.8. The zero-order valence-electron chi connectivity index (χ0n) is 11.4. The van der Waals surface area contributed by atoms with Crippen LogP contribution in [0.1, 0.15) is 30.0 Å². The topological polar surface area (TPSA) is 41.1 Å². The summed E-state index contributed by atoms with van der Waals surface area (Å²) in [6.45, 7) is 0. The number of benzene rings is 1. The van der Waals surface area contributed by atoms with Crippen molar-refractivity contribution in [2.75, 3.05) is 12.4 Å². The number of alkyl halides is 4. The van der Waals surface area contributed by atoms with Gasteiger partial charge in [0.2, 0.25) is 5.91 Å². The molecule has 1 unspecified atom stereocenters. The Bertz CT molecular complexity index is 534. The van der Waals surface area contributed by atoms with Crippen molar-refractivity contribution in [3.05, 3.63) is 29.3 Å². The van der Waals surface area contributed by atoms with E-state index in [9.17, 15) is 22.4 Å². The molecular formula is C14H16F4N2O. The summed E-state index contributed by atoms with van der Waals surface area (Å²) in [5.74, 6) is -4.30. The fraction of sp³-hybridized carbons (Fsp3) is 0.500. The lowest BCUT2D eigenvalue weighted by Gasteiger charge is -2.26. The number of rotatable bonds is 4. The number of carbonyl (C=O) groups excluding carboxylic acids is 1. The van der Waals surface area contributed by atoms with E-state index in [0.717, 1.165) is 0 Å². The minimum absolute atomic E-state index is 0.0812. The second kappa shape index (κ2) is 6.01. The predicted molar refractivity (Wildman–Crippen MR) is 70.8 cm³/mol. The van der Waals surface area contributed by atoms with Crippen molar-refractivity contribution in [1.82, 2.24) is 5.32 Å². The molecule has 3 nitrogen and oxygen atoms in total. The molecule has 21 heavy (non-hydrogen) atoms. The van der Waals surface area contributed by atoms with Gasteiger partial charge in [-0.05, 0) is 37.1 Å². The number of amides is 1. The summed E-state index contributed by atoms with van der Waals surface area (Å²) in [5.41, 5.74) is 1.32. The van der Waals surface area contributed by atoms with E-state index in [1.165, 1.54) is 25.2 Å². The summed E-state index contributed by atoms with van der Waals surface area (Å²) in [4.78, 5) is 11.4. The molecule has 7 heteroatoms. The van der Waals surface area contributed by atoms with E-state index in [-0.39, 0.29) is 11.5 Å². The van der Waals surface area contributed by atoms with Crippen LogP contribution in [0.25, 0.3) is 0 Å². The minimum atomic E-state index is -4.17. The summed E-state index contributed by atoms with van der Waals surface area (Å²) in [5, 5.41) is 4.93. The van der Waals surface area contributed by atoms with Gasteiger partial charge in [-0.3, -0.25) is 4.79 Å². The van der Waals surface area contributed by atoms with Gasteiger partial charge in [0, 0.05) is 12.1 Å². The Balaban J connectivity index is 2.36. The van der Waals surface area contributed by atoms with Crippen molar-refractivity contribution in [3.8, 4) is 0 Å². The van der Waals surface area contributed by atoms with Crippen LogP contribution in [-0.2, 0) is 11.2 Å². The summed E-state index contributed by atoms with van der Waals surface area (Å²) >= 11 is 0. The Kier molecular flexibility index (Phi) is 4.51. The van der Waals surface area contributed by atoms with Crippen LogP contribution < -0.4 is 10.6 Å². The van der Waals surface area contributed by atoms with Gasteiger partial charge < -0.3 is 10.6 Å². The molecule has 0 saturated heterocycles. The third kappa shape index (κ3) is 3.18. The molecule has 0 fully saturated rings. The number of halogens is 4. The van der Waals surface area contributed by atoms with Gasteiger partial charge in [0.1, 0.15) is 6.04 Å². The normalized spacial score (nSPS) is 17.1. The van der Waals surface area contributed by atoms with Crippen LogP contribution in [0, 0.1) is 0 Å². The van der Waals surface area contributed by atoms with Gasteiger partial charge in [0.05, 0.1) is 0 Å². The molecule has 1 aliphatic heterocycles. The highest BCUT2D eigenvalue weighted by molar-refractivity contribution is 5.92. The van der Waals surface area contributed by atoms with Gasteiger partial charge in [-0.15, -0.1) is 0 Å². The zero-order chi connectivity index (χ0) is 15.6. The van der Waals surface area contributed by atoms with Gasteiger partial charge >= 0.3 is 12.3 Å². The number of nitrogens with one attached hydrogen (secondary N) is 2. The molecule has 2 N–H and O–H groups in total. The van der Waals surface area contributed by atoms with Gasteiger partial charge in [-0.1, -0.05) is 12.1 Å². The van der Waals surface area contributed by atoms with E-state index in [4.69, 9.17) is 0 Å². The Morgan fingerprint density at radius 1 is 1.29 bits per heavy atom. The maximum atomic E-state index is 13.6. The van der Waals surface area contributed by atoms with Crippen molar-refractivity contribution in [1.29, 1.82) is 0 Å². The smallest absolute Gasteiger partial charge is 0.326 e. The first-order valence-electron chi connectivity index (χ1n) is 6.62. The number of fused-ring (bicyclic) bond motifs is 1. The van der Waals surface area contributed by atoms with Crippen LogP contribution in [0.5, 0.6) is 0 Å². The average Bonchev–Trinajstić information content (AvgIpc) is 2.59. The van der Waals surface area contributed by atoms with Crippen LogP contribution in [-0.4, -0.2) is 25.3 Å². The van der Waals surface area contributed by atoms with Crippen LogP contribution in [0.4, 0.5) is 23.2 Å². The fourth-order valence-electron chi connectivity index (χ4n) is 2.48. The molecule has 0 saturated carbocycles. The van der Waals surface area contributed by atoms with Gasteiger partial charge in [0.25, 0.3) is 0 Å². The van der Waals surface area contributed by atoms with E-state index < -0.39 is 18.4 Å². The molecule has 0 aliphatic carbocycles. The molecule has 0 radical (unpaired) electrons. The molecule has 1 atom stereocenters. The molecule has 0 spiro atoms. The van der Waals surface area contributed by atoms with E-state index in [1.807, 2.05) is 0 Å². The largest absolute Gasteiger partial charge is 0.326 e. The average molecular weight is 304 g/mol. The van der Waals surface area contributed by atoms with E-state index in [2.05, 4.69) is 10.6 Å². The van der Waals surface area contributed by atoms with Crippen molar-refractivity contribution in [3.63, 3.8) is 0 Å². The summed E-state index contributed by atoms with van der Waals surface area (Å²) < 4.78 is 52.3. The predicted octanol–water partition coefficient (Wildman–Crippen LogP) is 3.12. The first-order chi connectivity index (χ1) is 9.86. The van der Waals surface area contributed by atoms with Crippen molar-refractivity contribution < 1.29 is 22.4 Å². The molecule has 0 bridgehead atoms. The van der Waals surface area contributed by atoms with Gasteiger partial charge in [0.15, 0.2) is 0 Å². The molecule has 1 amide bonds. The Morgan fingerprint density at radius 3 is 2.62 bits per heavy atom. The Hall–Kier alpha value is -1.63. The van der Waals surface area contributed by atoms with E-state index in [1.54, 1.807) is 0 Å². The molecule has 116 valence electrons. The SMILES string of the molecule is CNC(c1ccc2c(c1)CCCC(=O)N2)C(F)(F)C(F)F. The molecule has 1 heterocycles. The molecule has 1 aliphatic rings. The van der Waals surface area contributed by atoms with E-state index in [0.29, 0.717) is 30.5 Å². The number of hydrogen-bond acceptors (Lipinski definition) is 2. The maximum Gasteiger partial charge on any atom is 0.326 e. The van der Waals surface area contributed by atoms with Crippen molar-refractivity contribution in [2.24, 2.45) is 0 Å². The third-order valence-electron chi connectivity index (χ3n) is 3.55. The minimum Gasteiger partial charge on any atom is -0.326 e. The molecule has 0 aromatic heterocycles. The fourth-order valence-corrected chi connectivity index (χ4v) is 2.48. The number of anilines is 1. The number of hydrogen-bond donors (Lipinski definition) is 2. The Morgan fingerprint density at radius 2 is 2.00 bits per heavy atom. The van der Waals surface area contributed by atoms with Crippen LogP contribution in [0.15, 0.2) is 18.2 Å². The highest BCUT2D eigenvalue weighted by Gasteiger charge is 2.48. The summed E-state index contributed by atoms with van der Waals surface area (Å²) in [7, 11) is 1.22. The van der Waals surface area contributed by atoms with Crippen LogP contribution >= 0.6 is 0 Å². The van der Waals surface area contributed by atoms with E-state index >= 15 is 0 Å². The highest BCUT2D eigenvalue weighted by atomic mass is 19.3.